The lowest BCUT2D eigenvalue weighted by Gasteiger charge is -2.36. The third-order valence-electron chi connectivity index (χ3n) is 4.69. The van der Waals surface area contributed by atoms with Gasteiger partial charge in [0.1, 0.15) is 13.2 Å². The molecule has 2 heterocycles. The number of nitrogens with zero attached hydrogens (tertiary/aromatic N) is 3. The van der Waals surface area contributed by atoms with Crippen LogP contribution in [0.2, 0.25) is 0 Å². The highest BCUT2D eigenvalue weighted by Gasteiger charge is 2.41. The predicted molar refractivity (Wildman–Crippen MR) is 92.1 cm³/mol. The van der Waals surface area contributed by atoms with E-state index in [4.69, 9.17) is 4.74 Å². The Morgan fingerprint density at radius 1 is 1.16 bits per heavy atom. The van der Waals surface area contributed by atoms with E-state index in [0.717, 1.165) is 0 Å². The molecule has 2 fully saturated rings. The monoisotopic (exact) mass is 345 g/mol. The summed E-state index contributed by atoms with van der Waals surface area (Å²) in [7, 11) is 0. The second-order valence-electron chi connectivity index (χ2n) is 6.22. The first-order chi connectivity index (χ1) is 12.1. The molecular weight excluding hydrogens is 322 g/mol. The van der Waals surface area contributed by atoms with Crippen LogP contribution in [0.5, 0.6) is 0 Å². The second kappa shape index (κ2) is 7.65. The van der Waals surface area contributed by atoms with E-state index in [0.29, 0.717) is 38.2 Å². The minimum Gasteiger partial charge on any atom is -0.372 e. The number of rotatable bonds is 5. The van der Waals surface area contributed by atoms with Crippen molar-refractivity contribution >= 4 is 23.5 Å². The second-order valence-corrected chi connectivity index (χ2v) is 6.22. The molecule has 1 aromatic carbocycles. The van der Waals surface area contributed by atoms with Gasteiger partial charge in [0.15, 0.2) is 0 Å². The number of urea groups is 1. The molecule has 0 bridgehead atoms. The molecule has 0 radical (unpaired) electrons. The molecule has 134 valence electrons. The van der Waals surface area contributed by atoms with E-state index in [2.05, 4.69) is 0 Å². The summed E-state index contributed by atoms with van der Waals surface area (Å²) in [5, 5.41) is 0. The van der Waals surface area contributed by atoms with Gasteiger partial charge in [0.05, 0.1) is 5.69 Å². The highest BCUT2D eigenvalue weighted by atomic mass is 16.5. The molecule has 3 rings (SSSR count). The van der Waals surface area contributed by atoms with Crippen LogP contribution in [0.15, 0.2) is 30.3 Å². The zero-order valence-electron chi connectivity index (χ0n) is 14.4. The van der Waals surface area contributed by atoms with Gasteiger partial charge in [0.2, 0.25) is 5.91 Å². The molecule has 0 atom stereocenters. The predicted octanol–water partition coefficient (Wildman–Crippen LogP) is 1.48. The van der Waals surface area contributed by atoms with Crippen LogP contribution >= 0.6 is 0 Å². The SMILES string of the molecule is CCOCC(=O)N1CCC(N2CC(=O)N(c3ccccc3)C2=O)CC1. The van der Waals surface area contributed by atoms with E-state index < -0.39 is 0 Å². The summed E-state index contributed by atoms with van der Waals surface area (Å²) in [6.07, 6.45) is 1.36. The van der Waals surface area contributed by atoms with Gasteiger partial charge in [-0.1, -0.05) is 18.2 Å². The molecule has 0 spiro atoms. The summed E-state index contributed by atoms with van der Waals surface area (Å²) < 4.78 is 5.16. The summed E-state index contributed by atoms with van der Waals surface area (Å²) in [4.78, 5) is 41.7. The van der Waals surface area contributed by atoms with E-state index in [-0.39, 0.29) is 37.0 Å². The number of amides is 4. The van der Waals surface area contributed by atoms with Gasteiger partial charge < -0.3 is 14.5 Å². The molecule has 4 amide bonds. The highest BCUT2D eigenvalue weighted by molar-refractivity contribution is 6.19. The average Bonchev–Trinajstić information content (AvgIpc) is 2.95. The Morgan fingerprint density at radius 2 is 1.84 bits per heavy atom. The van der Waals surface area contributed by atoms with Gasteiger partial charge in [-0.2, -0.15) is 0 Å². The smallest absolute Gasteiger partial charge is 0.332 e. The van der Waals surface area contributed by atoms with Crippen molar-refractivity contribution in [1.82, 2.24) is 9.80 Å². The van der Waals surface area contributed by atoms with E-state index >= 15 is 0 Å². The van der Waals surface area contributed by atoms with Gasteiger partial charge in [-0.15, -0.1) is 0 Å². The van der Waals surface area contributed by atoms with Crippen molar-refractivity contribution < 1.29 is 19.1 Å². The molecule has 2 aliphatic rings. The zero-order valence-corrected chi connectivity index (χ0v) is 14.4. The molecule has 2 aliphatic heterocycles. The molecule has 0 unspecified atom stereocenters. The molecule has 0 aromatic heterocycles. The zero-order chi connectivity index (χ0) is 17.8. The average molecular weight is 345 g/mol. The van der Waals surface area contributed by atoms with Crippen LogP contribution in [0.4, 0.5) is 10.5 Å². The maximum Gasteiger partial charge on any atom is 0.332 e. The molecule has 0 saturated carbocycles. The van der Waals surface area contributed by atoms with Crippen molar-refractivity contribution in [1.29, 1.82) is 0 Å². The number of carbonyl (C=O) groups is 3. The summed E-state index contributed by atoms with van der Waals surface area (Å²) in [6, 6.07) is 8.70. The Morgan fingerprint density at radius 3 is 2.48 bits per heavy atom. The molecule has 0 N–H and O–H groups in total. The summed E-state index contributed by atoms with van der Waals surface area (Å²) in [5.41, 5.74) is 0.601. The van der Waals surface area contributed by atoms with Gasteiger partial charge in [0.25, 0.3) is 5.91 Å². The quantitative estimate of drug-likeness (QED) is 0.758. The minimum absolute atomic E-state index is 0.0127. The standard InChI is InChI=1S/C18H23N3O4/c1-2-25-13-17(23)19-10-8-14(9-11-19)20-12-16(22)21(18(20)24)15-6-4-3-5-7-15/h3-7,14H,2,8-13H2,1H3. The first-order valence-corrected chi connectivity index (χ1v) is 8.66. The van der Waals surface area contributed by atoms with Gasteiger partial charge in [-0.05, 0) is 31.9 Å². The molecule has 7 heteroatoms. The molecule has 2 saturated heterocycles. The van der Waals surface area contributed by atoms with E-state index in [1.165, 1.54) is 4.90 Å². The van der Waals surface area contributed by atoms with Gasteiger partial charge in [0, 0.05) is 25.7 Å². The Kier molecular flexibility index (Phi) is 5.33. The fourth-order valence-electron chi connectivity index (χ4n) is 3.34. The Balaban J connectivity index is 1.60. The number of likely N-dealkylation sites (tertiary alicyclic amines) is 1. The lowest BCUT2D eigenvalue weighted by Crippen LogP contribution is -2.48. The molecule has 0 aliphatic carbocycles. The number of benzene rings is 1. The number of hydrogen-bond donors (Lipinski definition) is 0. The fourth-order valence-corrected chi connectivity index (χ4v) is 3.34. The van der Waals surface area contributed by atoms with E-state index in [9.17, 15) is 14.4 Å². The van der Waals surface area contributed by atoms with Crippen LogP contribution in [0.1, 0.15) is 19.8 Å². The number of imide groups is 1. The van der Waals surface area contributed by atoms with Crippen LogP contribution in [0, 0.1) is 0 Å². The van der Waals surface area contributed by atoms with Crippen LogP contribution in [0.25, 0.3) is 0 Å². The third-order valence-corrected chi connectivity index (χ3v) is 4.69. The minimum atomic E-state index is -0.268. The number of ether oxygens (including phenoxy) is 1. The lowest BCUT2D eigenvalue weighted by atomic mass is 10.0. The first kappa shape index (κ1) is 17.4. The summed E-state index contributed by atoms with van der Waals surface area (Å²) >= 11 is 0. The number of para-hydroxylation sites is 1. The van der Waals surface area contributed by atoms with Crippen molar-refractivity contribution in [3.63, 3.8) is 0 Å². The van der Waals surface area contributed by atoms with E-state index in [1.807, 2.05) is 13.0 Å². The van der Waals surface area contributed by atoms with Crippen molar-refractivity contribution in [3.05, 3.63) is 30.3 Å². The maximum atomic E-state index is 12.7. The van der Waals surface area contributed by atoms with Crippen LogP contribution in [-0.4, -0.2) is 66.5 Å². The number of piperidine rings is 1. The Bertz CT molecular complexity index is 641. The van der Waals surface area contributed by atoms with Crippen LogP contribution in [-0.2, 0) is 14.3 Å². The van der Waals surface area contributed by atoms with Crippen molar-refractivity contribution in [3.8, 4) is 0 Å². The van der Waals surface area contributed by atoms with Crippen LogP contribution < -0.4 is 4.90 Å². The number of carbonyl (C=O) groups excluding carboxylic acids is 3. The molecular formula is C18H23N3O4. The number of anilines is 1. The Labute approximate surface area is 147 Å². The fraction of sp³-hybridized carbons (Fsp3) is 0.500. The Hall–Kier alpha value is -2.41. The summed E-state index contributed by atoms with van der Waals surface area (Å²) in [5.74, 6) is -0.221. The van der Waals surface area contributed by atoms with Gasteiger partial charge >= 0.3 is 6.03 Å². The van der Waals surface area contributed by atoms with Gasteiger partial charge in [-0.25, -0.2) is 9.69 Å². The molecule has 25 heavy (non-hydrogen) atoms. The van der Waals surface area contributed by atoms with E-state index in [1.54, 1.807) is 34.1 Å². The number of hydrogen-bond acceptors (Lipinski definition) is 4. The van der Waals surface area contributed by atoms with Crippen molar-refractivity contribution in [2.75, 3.05) is 37.7 Å². The topological polar surface area (TPSA) is 70.2 Å². The third kappa shape index (κ3) is 3.66. The van der Waals surface area contributed by atoms with Crippen LogP contribution in [0.3, 0.4) is 0 Å². The summed E-state index contributed by atoms with van der Waals surface area (Å²) in [6.45, 7) is 3.74. The molecule has 1 aromatic rings. The van der Waals surface area contributed by atoms with Crippen molar-refractivity contribution in [2.45, 2.75) is 25.8 Å². The molecule has 7 nitrogen and oxygen atoms in total. The highest BCUT2D eigenvalue weighted by Crippen LogP contribution is 2.26. The van der Waals surface area contributed by atoms with Crippen molar-refractivity contribution in [2.24, 2.45) is 0 Å². The van der Waals surface area contributed by atoms with Gasteiger partial charge in [-0.3, -0.25) is 9.59 Å². The first-order valence-electron chi connectivity index (χ1n) is 8.66. The normalized spacial score (nSPS) is 19.0. The largest absolute Gasteiger partial charge is 0.372 e. The maximum absolute atomic E-state index is 12.7. The lowest BCUT2D eigenvalue weighted by molar-refractivity contribution is -0.137.